The van der Waals surface area contributed by atoms with Gasteiger partial charge in [-0.1, -0.05) is 6.92 Å². The Hall–Kier alpha value is -0.320. The van der Waals surface area contributed by atoms with Gasteiger partial charge in [0.15, 0.2) is 0 Å². The number of carbonyl (C=O) groups excluding carboxylic acids is 1. The van der Waals surface area contributed by atoms with Crippen LogP contribution in [0.1, 0.15) is 26.2 Å². The molecule has 2 N–H and O–H groups in total. The van der Waals surface area contributed by atoms with Gasteiger partial charge in [0.1, 0.15) is 0 Å². The van der Waals surface area contributed by atoms with Gasteiger partial charge >= 0.3 is 0 Å². The highest BCUT2D eigenvalue weighted by Gasteiger charge is 2.27. The Morgan fingerprint density at radius 2 is 2.25 bits per heavy atom. The van der Waals surface area contributed by atoms with E-state index in [4.69, 9.17) is 4.74 Å². The van der Waals surface area contributed by atoms with Crippen molar-refractivity contribution in [3.05, 3.63) is 0 Å². The number of rotatable bonds is 3. The molecule has 1 unspecified atom stereocenters. The second-order valence-electron chi connectivity index (χ2n) is 4.74. The molecule has 0 bridgehead atoms. The van der Waals surface area contributed by atoms with Crippen molar-refractivity contribution < 1.29 is 9.53 Å². The number of nitrogens with one attached hydrogen (secondary N) is 2. The van der Waals surface area contributed by atoms with Crippen molar-refractivity contribution in [2.24, 2.45) is 5.92 Å². The minimum Gasteiger partial charge on any atom is -0.375 e. The summed E-state index contributed by atoms with van der Waals surface area (Å²) in [5, 5.41) is 6.27. The molecule has 2 fully saturated rings. The predicted octanol–water partition coefficient (Wildman–Crippen LogP) is 0.701. The van der Waals surface area contributed by atoms with E-state index in [-0.39, 0.29) is 24.4 Å². The predicted molar refractivity (Wildman–Crippen MR) is 64.8 cm³/mol. The lowest BCUT2D eigenvalue weighted by atomic mass is 9.82. The van der Waals surface area contributed by atoms with E-state index in [0.29, 0.717) is 12.5 Å². The van der Waals surface area contributed by atoms with E-state index in [1.807, 2.05) is 0 Å². The molecular weight excluding hydrogens is 228 g/mol. The number of halogens is 1. The van der Waals surface area contributed by atoms with E-state index in [1.165, 1.54) is 0 Å². The number of amides is 1. The molecule has 0 spiro atoms. The zero-order chi connectivity index (χ0) is 10.7. The lowest BCUT2D eigenvalue weighted by Gasteiger charge is -2.33. The van der Waals surface area contributed by atoms with Crippen LogP contribution in [0, 0.1) is 5.92 Å². The third-order valence-electron chi connectivity index (χ3n) is 3.16. The first kappa shape index (κ1) is 13.7. The number of hydrogen-bond acceptors (Lipinski definition) is 3. The van der Waals surface area contributed by atoms with Gasteiger partial charge in [0.25, 0.3) is 0 Å². The molecule has 94 valence electrons. The Labute approximate surface area is 103 Å². The molecule has 1 saturated heterocycles. The standard InChI is InChI=1S/C11H20N2O2.ClH/c1-8-4-9(5-8)13-11(14)6-10-7-12-2-3-15-10;/h8-10,12H,2-7H2,1H3,(H,13,14);1H. The van der Waals surface area contributed by atoms with Crippen molar-refractivity contribution in [3.63, 3.8) is 0 Å². The van der Waals surface area contributed by atoms with Crippen LogP contribution < -0.4 is 10.6 Å². The summed E-state index contributed by atoms with van der Waals surface area (Å²) in [5.41, 5.74) is 0. The van der Waals surface area contributed by atoms with Crippen molar-refractivity contribution >= 4 is 18.3 Å². The SMILES string of the molecule is CC1CC(NC(=O)CC2CNCCO2)C1.Cl. The van der Waals surface area contributed by atoms with Crippen molar-refractivity contribution in [2.75, 3.05) is 19.7 Å². The Kier molecular flexibility index (Phi) is 5.52. The molecule has 1 amide bonds. The van der Waals surface area contributed by atoms with Gasteiger partial charge in [-0.05, 0) is 18.8 Å². The normalized spacial score (nSPS) is 33.4. The van der Waals surface area contributed by atoms with Gasteiger partial charge in [0, 0.05) is 19.1 Å². The Balaban J connectivity index is 0.00000128. The molecule has 0 aromatic rings. The Morgan fingerprint density at radius 3 is 2.81 bits per heavy atom. The van der Waals surface area contributed by atoms with Crippen LogP contribution in [0.5, 0.6) is 0 Å². The molecular formula is C11H21ClN2O2. The molecule has 1 heterocycles. The minimum absolute atomic E-state index is 0. The summed E-state index contributed by atoms with van der Waals surface area (Å²) >= 11 is 0. The highest BCUT2D eigenvalue weighted by Crippen LogP contribution is 2.26. The molecule has 0 aromatic heterocycles. The molecule has 1 aliphatic carbocycles. The van der Waals surface area contributed by atoms with Crippen LogP contribution in [0.4, 0.5) is 0 Å². The van der Waals surface area contributed by atoms with E-state index < -0.39 is 0 Å². The Morgan fingerprint density at radius 1 is 1.50 bits per heavy atom. The second-order valence-corrected chi connectivity index (χ2v) is 4.74. The summed E-state index contributed by atoms with van der Waals surface area (Å²) in [6.45, 7) is 4.64. The second kappa shape index (κ2) is 6.42. The first-order valence-corrected chi connectivity index (χ1v) is 5.85. The molecule has 5 heteroatoms. The lowest BCUT2D eigenvalue weighted by molar-refractivity contribution is -0.126. The maximum atomic E-state index is 11.6. The van der Waals surface area contributed by atoms with E-state index in [9.17, 15) is 4.79 Å². The maximum Gasteiger partial charge on any atom is 0.222 e. The van der Waals surface area contributed by atoms with Gasteiger partial charge in [-0.15, -0.1) is 12.4 Å². The number of ether oxygens (including phenoxy) is 1. The van der Waals surface area contributed by atoms with Crippen LogP contribution in [-0.2, 0) is 9.53 Å². The summed E-state index contributed by atoms with van der Waals surface area (Å²) in [6.07, 6.45) is 2.83. The fraction of sp³-hybridized carbons (Fsp3) is 0.909. The van der Waals surface area contributed by atoms with E-state index in [2.05, 4.69) is 17.6 Å². The smallest absolute Gasteiger partial charge is 0.222 e. The topological polar surface area (TPSA) is 50.4 Å². The molecule has 1 atom stereocenters. The van der Waals surface area contributed by atoms with Gasteiger partial charge in [-0.25, -0.2) is 0 Å². The molecule has 4 nitrogen and oxygen atoms in total. The fourth-order valence-corrected chi connectivity index (χ4v) is 2.26. The first-order valence-electron chi connectivity index (χ1n) is 5.85. The van der Waals surface area contributed by atoms with Crippen LogP contribution in [0.15, 0.2) is 0 Å². The van der Waals surface area contributed by atoms with Crippen molar-refractivity contribution in [1.82, 2.24) is 10.6 Å². The van der Waals surface area contributed by atoms with Gasteiger partial charge in [0.05, 0.1) is 19.1 Å². The average Bonchev–Trinajstić information content (AvgIpc) is 2.17. The first-order chi connectivity index (χ1) is 7.24. The summed E-state index contributed by atoms with van der Waals surface area (Å²) in [5.74, 6) is 0.920. The highest BCUT2D eigenvalue weighted by molar-refractivity contribution is 5.85. The zero-order valence-electron chi connectivity index (χ0n) is 9.70. The van der Waals surface area contributed by atoms with Gasteiger partial charge in [0.2, 0.25) is 5.91 Å². The van der Waals surface area contributed by atoms with Crippen LogP contribution in [-0.4, -0.2) is 37.7 Å². The molecule has 2 rings (SSSR count). The monoisotopic (exact) mass is 248 g/mol. The van der Waals surface area contributed by atoms with Crippen molar-refractivity contribution in [2.45, 2.75) is 38.3 Å². The largest absolute Gasteiger partial charge is 0.375 e. The van der Waals surface area contributed by atoms with Crippen LogP contribution in [0.2, 0.25) is 0 Å². The molecule has 1 aliphatic heterocycles. The number of morpholine rings is 1. The molecule has 2 aliphatic rings. The summed E-state index contributed by atoms with van der Waals surface area (Å²) < 4.78 is 5.48. The average molecular weight is 249 g/mol. The fourth-order valence-electron chi connectivity index (χ4n) is 2.26. The minimum atomic E-state index is 0. The van der Waals surface area contributed by atoms with E-state index >= 15 is 0 Å². The van der Waals surface area contributed by atoms with Gasteiger partial charge in [-0.3, -0.25) is 4.79 Å². The maximum absolute atomic E-state index is 11.6. The van der Waals surface area contributed by atoms with Gasteiger partial charge < -0.3 is 15.4 Å². The number of hydrogen-bond donors (Lipinski definition) is 2. The summed E-state index contributed by atoms with van der Waals surface area (Å²) in [4.78, 5) is 11.6. The summed E-state index contributed by atoms with van der Waals surface area (Å²) in [7, 11) is 0. The molecule has 0 radical (unpaired) electrons. The molecule has 0 aromatic carbocycles. The van der Waals surface area contributed by atoms with Crippen LogP contribution >= 0.6 is 12.4 Å². The van der Waals surface area contributed by atoms with E-state index in [0.717, 1.165) is 38.5 Å². The lowest BCUT2D eigenvalue weighted by Crippen LogP contribution is -2.46. The third-order valence-corrected chi connectivity index (χ3v) is 3.16. The van der Waals surface area contributed by atoms with Crippen LogP contribution in [0.3, 0.4) is 0 Å². The van der Waals surface area contributed by atoms with E-state index in [1.54, 1.807) is 0 Å². The quantitative estimate of drug-likeness (QED) is 0.773. The zero-order valence-corrected chi connectivity index (χ0v) is 10.5. The number of carbonyl (C=O) groups is 1. The highest BCUT2D eigenvalue weighted by atomic mass is 35.5. The van der Waals surface area contributed by atoms with Crippen LogP contribution in [0.25, 0.3) is 0 Å². The summed E-state index contributed by atoms with van der Waals surface area (Å²) in [6, 6.07) is 0.420. The molecule has 1 saturated carbocycles. The van der Waals surface area contributed by atoms with Gasteiger partial charge in [-0.2, -0.15) is 0 Å². The molecule has 16 heavy (non-hydrogen) atoms. The van der Waals surface area contributed by atoms with Crippen molar-refractivity contribution in [3.8, 4) is 0 Å². The Bertz CT molecular complexity index is 226. The van der Waals surface area contributed by atoms with Crippen molar-refractivity contribution in [1.29, 1.82) is 0 Å². The third kappa shape index (κ3) is 3.92.